The lowest BCUT2D eigenvalue weighted by Crippen LogP contribution is -2.00. The Kier molecular flexibility index (Phi) is 5.62. The smallest absolute Gasteiger partial charge is 0.335 e. The van der Waals surface area contributed by atoms with Crippen molar-refractivity contribution in [1.29, 1.82) is 0 Å². The third kappa shape index (κ3) is 3.75. The van der Waals surface area contributed by atoms with Crippen molar-refractivity contribution in [1.82, 2.24) is 0 Å². The normalized spacial score (nSPS) is 10.5. The van der Waals surface area contributed by atoms with Crippen LogP contribution in [0.15, 0.2) is 41.5 Å². The standard InChI is InChI=1S/C17H18N2O5/c1-22-14-8-7-12(15(23-2)16(14)24-3)10-18-19-13-6-4-5-11(9-13)17(20)21/h4-10,19H,1-3H3,(H,20,21)/b18-10-. The third-order valence-electron chi connectivity index (χ3n) is 3.24. The Balaban J connectivity index is 2.23. The molecule has 0 bridgehead atoms. The van der Waals surface area contributed by atoms with Gasteiger partial charge in [-0.25, -0.2) is 4.79 Å². The van der Waals surface area contributed by atoms with Gasteiger partial charge in [0.05, 0.1) is 38.8 Å². The maximum Gasteiger partial charge on any atom is 0.335 e. The lowest BCUT2D eigenvalue weighted by atomic mass is 10.2. The van der Waals surface area contributed by atoms with Gasteiger partial charge < -0.3 is 19.3 Å². The number of anilines is 1. The number of aromatic carboxylic acids is 1. The predicted molar refractivity (Wildman–Crippen MR) is 90.7 cm³/mol. The fourth-order valence-corrected chi connectivity index (χ4v) is 2.12. The van der Waals surface area contributed by atoms with Crippen LogP contribution in [0, 0.1) is 0 Å². The molecule has 0 atom stereocenters. The van der Waals surface area contributed by atoms with E-state index in [-0.39, 0.29) is 5.56 Å². The van der Waals surface area contributed by atoms with Crippen molar-refractivity contribution in [2.45, 2.75) is 0 Å². The largest absolute Gasteiger partial charge is 0.493 e. The van der Waals surface area contributed by atoms with Gasteiger partial charge in [-0.1, -0.05) is 6.07 Å². The number of benzene rings is 2. The lowest BCUT2D eigenvalue weighted by Gasteiger charge is -2.13. The molecule has 0 spiro atoms. The van der Waals surface area contributed by atoms with Gasteiger partial charge in [-0.05, 0) is 30.3 Å². The highest BCUT2D eigenvalue weighted by atomic mass is 16.5. The minimum Gasteiger partial charge on any atom is -0.493 e. The number of ether oxygens (including phenoxy) is 3. The molecule has 0 aliphatic rings. The number of hydrogen-bond acceptors (Lipinski definition) is 6. The minimum atomic E-state index is -0.996. The summed E-state index contributed by atoms with van der Waals surface area (Å²) in [5.74, 6) is 0.510. The Labute approximate surface area is 139 Å². The van der Waals surface area contributed by atoms with Crippen LogP contribution >= 0.6 is 0 Å². The molecule has 2 rings (SSSR count). The highest BCUT2D eigenvalue weighted by Crippen LogP contribution is 2.38. The molecule has 2 N–H and O–H groups in total. The zero-order valence-corrected chi connectivity index (χ0v) is 13.6. The van der Waals surface area contributed by atoms with E-state index in [1.54, 1.807) is 37.6 Å². The van der Waals surface area contributed by atoms with E-state index < -0.39 is 5.97 Å². The molecule has 0 aromatic heterocycles. The molecule has 2 aromatic rings. The van der Waals surface area contributed by atoms with E-state index in [1.807, 2.05) is 0 Å². The summed E-state index contributed by atoms with van der Waals surface area (Å²) in [7, 11) is 4.59. The molecular formula is C17H18N2O5. The Morgan fingerprint density at radius 3 is 2.46 bits per heavy atom. The fourth-order valence-electron chi connectivity index (χ4n) is 2.12. The van der Waals surface area contributed by atoms with Crippen LogP contribution in [0.5, 0.6) is 17.2 Å². The first-order chi connectivity index (χ1) is 11.6. The summed E-state index contributed by atoms with van der Waals surface area (Å²) in [4.78, 5) is 11.0. The lowest BCUT2D eigenvalue weighted by molar-refractivity contribution is 0.0697. The zero-order chi connectivity index (χ0) is 17.5. The SMILES string of the molecule is COc1ccc(/C=N\Nc2cccc(C(=O)O)c2)c(OC)c1OC. The highest BCUT2D eigenvalue weighted by molar-refractivity contribution is 5.89. The summed E-state index contributed by atoms with van der Waals surface area (Å²) >= 11 is 0. The van der Waals surface area contributed by atoms with Crippen LogP contribution in [0.1, 0.15) is 15.9 Å². The van der Waals surface area contributed by atoms with E-state index in [9.17, 15) is 4.79 Å². The van der Waals surface area contributed by atoms with Crippen molar-refractivity contribution in [2.24, 2.45) is 5.10 Å². The maximum atomic E-state index is 11.0. The van der Waals surface area contributed by atoms with Crippen molar-refractivity contribution in [3.8, 4) is 17.2 Å². The molecule has 0 heterocycles. The summed E-state index contributed by atoms with van der Waals surface area (Å²) in [6.45, 7) is 0. The predicted octanol–water partition coefficient (Wildman–Crippen LogP) is 2.86. The molecule has 0 aliphatic carbocycles. The summed E-state index contributed by atoms with van der Waals surface area (Å²) in [6, 6.07) is 9.88. The van der Waals surface area contributed by atoms with Gasteiger partial charge in [0.15, 0.2) is 11.5 Å². The molecule has 7 nitrogen and oxygen atoms in total. The second kappa shape index (κ2) is 7.87. The van der Waals surface area contributed by atoms with Crippen molar-refractivity contribution >= 4 is 17.9 Å². The Hall–Kier alpha value is -3.22. The summed E-state index contributed by atoms with van der Waals surface area (Å²) in [5.41, 5.74) is 4.20. The first kappa shape index (κ1) is 17.1. The first-order valence-electron chi connectivity index (χ1n) is 7.02. The van der Waals surface area contributed by atoms with Gasteiger partial charge >= 0.3 is 5.97 Å². The van der Waals surface area contributed by atoms with Crippen LogP contribution in [-0.4, -0.2) is 38.6 Å². The van der Waals surface area contributed by atoms with Crippen LogP contribution in [0.25, 0.3) is 0 Å². The minimum absolute atomic E-state index is 0.180. The summed E-state index contributed by atoms with van der Waals surface area (Å²) in [6.07, 6.45) is 1.55. The Morgan fingerprint density at radius 1 is 1.08 bits per heavy atom. The molecule has 0 radical (unpaired) electrons. The molecule has 0 saturated carbocycles. The second-order valence-electron chi connectivity index (χ2n) is 4.68. The number of rotatable bonds is 7. The van der Waals surface area contributed by atoms with E-state index in [2.05, 4.69) is 10.5 Å². The number of carboxylic acid groups (broad SMARTS) is 1. The van der Waals surface area contributed by atoms with Crippen LogP contribution in [0.3, 0.4) is 0 Å². The molecule has 7 heteroatoms. The summed E-state index contributed by atoms with van der Waals surface area (Å²) < 4.78 is 15.9. The quantitative estimate of drug-likeness (QED) is 0.599. The van der Waals surface area contributed by atoms with Gasteiger partial charge in [-0.15, -0.1) is 0 Å². The van der Waals surface area contributed by atoms with Crippen molar-refractivity contribution < 1.29 is 24.1 Å². The number of nitrogens with one attached hydrogen (secondary N) is 1. The number of hydrogen-bond donors (Lipinski definition) is 2. The zero-order valence-electron chi connectivity index (χ0n) is 13.6. The Bertz CT molecular complexity index is 759. The Morgan fingerprint density at radius 2 is 1.83 bits per heavy atom. The molecule has 0 unspecified atom stereocenters. The summed E-state index contributed by atoms with van der Waals surface area (Å²) in [5, 5.41) is 13.1. The van der Waals surface area contributed by atoms with E-state index in [1.165, 1.54) is 26.4 Å². The van der Waals surface area contributed by atoms with Crippen molar-refractivity contribution in [3.63, 3.8) is 0 Å². The highest BCUT2D eigenvalue weighted by Gasteiger charge is 2.14. The van der Waals surface area contributed by atoms with Gasteiger partial charge in [0.1, 0.15) is 0 Å². The molecule has 0 aliphatic heterocycles. The van der Waals surface area contributed by atoms with Crippen LogP contribution in [0.2, 0.25) is 0 Å². The van der Waals surface area contributed by atoms with Gasteiger partial charge in [0, 0.05) is 5.56 Å². The number of carboxylic acids is 1. The average molecular weight is 330 g/mol. The van der Waals surface area contributed by atoms with E-state index >= 15 is 0 Å². The third-order valence-corrected chi connectivity index (χ3v) is 3.24. The molecule has 0 saturated heterocycles. The van der Waals surface area contributed by atoms with E-state index in [4.69, 9.17) is 19.3 Å². The molecule has 0 fully saturated rings. The van der Waals surface area contributed by atoms with Crippen molar-refractivity contribution in [2.75, 3.05) is 26.8 Å². The molecule has 126 valence electrons. The van der Waals surface area contributed by atoms with Gasteiger partial charge in [-0.3, -0.25) is 5.43 Å². The van der Waals surface area contributed by atoms with Gasteiger partial charge in [0.25, 0.3) is 0 Å². The molecular weight excluding hydrogens is 312 g/mol. The molecule has 2 aromatic carbocycles. The van der Waals surface area contributed by atoms with Crippen LogP contribution in [-0.2, 0) is 0 Å². The fraction of sp³-hybridized carbons (Fsp3) is 0.176. The van der Waals surface area contributed by atoms with Gasteiger partial charge in [0.2, 0.25) is 5.75 Å². The first-order valence-corrected chi connectivity index (χ1v) is 7.02. The van der Waals surface area contributed by atoms with E-state index in [0.717, 1.165) is 0 Å². The topological polar surface area (TPSA) is 89.4 Å². The second-order valence-corrected chi connectivity index (χ2v) is 4.68. The monoisotopic (exact) mass is 330 g/mol. The maximum absolute atomic E-state index is 11.0. The number of methoxy groups -OCH3 is 3. The van der Waals surface area contributed by atoms with Gasteiger partial charge in [-0.2, -0.15) is 5.10 Å². The number of hydrazone groups is 1. The van der Waals surface area contributed by atoms with Crippen LogP contribution < -0.4 is 19.6 Å². The average Bonchev–Trinajstić information content (AvgIpc) is 2.61. The number of carbonyl (C=O) groups is 1. The molecule has 0 amide bonds. The van der Waals surface area contributed by atoms with E-state index in [0.29, 0.717) is 28.5 Å². The van der Waals surface area contributed by atoms with Crippen LogP contribution in [0.4, 0.5) is 5.69 Å². The number of nitrogens with zero attached hydrogens (tertiary/aromatic N) is 1. The van der Waals surface area contributed by atoms with Crippen molar-refractivity contribution in [3.05, 3.63) is 47.5 Å². The molecule has 24 heavy (non-hydrogen) atoms.